The van der Waals surface area contributed by atoms with E-state index in [1.807, 2.05) is 35.2 Å². The molecule has 0 unspecified atom stereocenters. The third-order valence-corrected chi connectivity index (χ3v) is 4.99. The molecule has 0 radical (unpaired) electrons. The van der Waals surface area contributed by atoms with Gasteiger partial charge in [0, 0.05) is 32.0 Å². The Labute approximate surface area is 159 Å². The highest BCUT2D eigenvalue weighted by Crippen LogP contribution is 2.24. The van der Waals surface area contributed by atoms with Crippen molar-refractivity contribution < 1.29 is 9.18 Å². The van der Waals surface area contributed by atoms with Crippen LogP contribution in [0.3, 0.4) is 0 Å². The van der Waals surface area contributed by atoms with Crippen LogP contribution >= 0.6 is 0 Å². The third-order valence-electron chi connectivity index (χ3n) is 4.99. The van der Waals surface area contributed by atoms with E-state index in [2.05, 4.69) is 29.4 Å². The molecule has 1 aromatic carbocycles. The van der Waals surface area contributed by atoms with E-state index in [0.29, 0.717) is 25.5 Å². The topological polar surface area (TPSA) is 58.1 Å². The standard InChI is InChI=1S/C21H25FN4O/c1-15(27)26-12-10-16(11-13-26)19-8-9-20(25-24-19)23-14-21(2,3)17-4-6-18(22)7-5-17/h4-10H,11-14H2,1-3H3,(H,23,25). The maximum Gasteiger partial charge on any atom is 0.219 e. The second-order valence-electron chi connectivity index (χ2n) is 7.49. The summed E-state index contributed by atoms with van der Waals surface area (Å²) < 4.78 is 13.1. The van der Waals surface area contributed by atoms with Gasteiger partial charge in [-0.3, -0.25) is 4.79 Å². The molecular formula is C21H25FN4O. The number of nitrogens with one attached hydrogen (secondary N) is 1. The molecule has 0 aliphatic carbocycles. The predicted molar refractivity (Wildman–Crippen MR) is 105 cm³/mol. The molecule has 0 spiro atoms. The van der Waals surface area contributed by atoms with Gasteiger partial charge in [0.25, 0.3) is 0 Å². The zero-order valence-electron chi connectivity index (χ0n) is 16.0. The van der Waals surface area contributed by atoms with Crippen LogP contribution in [0.15, 0.2) is 42.5 Å². The van der Waals surface area contributed by atoms with Gasteiger partial charge in [-0.15, -0.1) is 10.2 Å². The summed E-state index contributed by atoms with van der Waals surface area (Å²) in [6.45, 7) is 7.79. The van der Waals surface area contributed by atoms with E-state index in [1.165, 1.54) is 12.1 Å². The van der Waals surface area contributed by atoms with Crippen molar-refractivity contribution in [2.45, 2.75) is 32.6 Å². The van der Waals surface area contributed by atoms with Gasteiger partial charge in [-0.1, -0.05) is 32.1 Å². The van der Waals surface area contributed by atoms with Crippen molar-refractivity contribution in [3.05, 3.63) is 59.5 Å². The molecule has 0 saturated heterocycles. The number of hydrogen-bond donors (Lipinski definition) is 1. The summed E-state index contributed by atoms with van der Waals surface area (Å²) in [6.07, 6.45) is 2.83. The molecule has 2 aromatic rings. The van der Waals surface area contributed by atoms with Gasteiger partial charge < -0.3 is 10.2 Å². The lowest BCUT2D eigenvalue weighted by atomic mass is 9.84. The fourth-order valence-corrected chi connectivity index (χ4v) is 3.10. The molecule has 6 heteroatoms. The fourth-order valence-electron chi connectivity index (χ4n) is 3.10. The minimum absolute atomic E-state index is 0.0969. The number of carbonyl (C=O) groups excluding carboxylic acids is 1. The number of benzene rings is 1. The molecule has 1 amide bonds. The fraction of sp³-hybridized carbons (Fsp3) is 0.381. The summed E-state index contributed by atoms with van der Waals surface area (Å²) in [7, 11) is 0. The number of hydrogen-bond acceptors (Lipinski definition) is 4. The molecule has 1 aliphatic rings. The molecule has 2 heterocycles. The molecule has 5 nitrogen and oxygen atoms in total. The number of carbonyl (C=O) groups is 1. The van der Waals surface area contributed by atoms with Crippen LogP contribution in [0.5, 0.6) is 0 Å². The van der Waals surface area contributed by atoms with Crippen LogP contribution in [0.2, 0.25) is 0 Å². The van der Waals surface area contributed by atoms with Gasteiger partial charge in [-0.25, -0.2) is 4.39 Å². The SMILES string of the molecule is CC(=O)N1CC=C(c2ccc(NCC(C)(C)c3ccc(F)cc3)nn2)CC1. The number of amides is 1. The molecule has 1 aromatic heterocycles. The van der Waals surface area contributed by atoms with E-state index in [4.69, 9.17) is 0 Å². The van der Waals surface area contributed by atoms with Crippen LogP contribution in [-0.4, -0.2) is 40.6 Å². The smallest absolute Gasteiger partial charge is 0.219 e. The third kappa shape index (κ3) is 4.70. The molecular weight excluding hydrogens is 343 g/mol. The number of halogens is 1. The molecule has 0 bridgehead atoms. The Kier molecular flexibility index (Phi) is 5.54. The second kappa shape index (κ2) is 7.86. The van der Waals surface area contributed by atoms with Crippen molar-refractivity contribution in [3.8, 4) is 0 Å². The Hall–Kier alpha value is -2.76. The molecule has 1 aliphatic heterocycles. The van der Waals surface area contributed by atoms with Crippen LogP contribution < -0.4 is 5.32 Å². The Morgan fingerprint density at radius 2 is 1.93 bits per heavy atom. The van der Waals surface area contributed by atoms with Crippen LogP contribution in [0, 0.1) is 5.82 Å². The molecule has 3 rings (SSSR count). The molecule has 0 fully saturated rings. The molecule has 27 heavy (non-hydrogen) atoms. The van der Waals surface area contributed by atoms with Crippen LogP contribution in [0.4, 0.5) is 10.2 Å². The maximum atomic E-state index is 13.1. The van der Waals surface area contributed by atoms with E-state index in [-0.39, 0.29) is 17.1 Å². The highest BCUT2D eigenvalue weighted by atomic mass is 19.1. The van der Waals surface area contributed by atoms with Crippen molar-refractivity contribution in [2.75, 3.05) is 25.0 Å². The van der Waals surface area contributed by atoms with Gasteiger partial charge >= 0.3 is 0 Å². The highest BCUT2D eigenvalue weighted by molar-refractivity contribution is 5.75. The van der Waals surface area contributed by atoms with Crippen LogP contribution in [0.1, 0.15) is 38.4 Å². The Balaban J connectivity index is 1.61. The van der Waals surface area contributed by atoms with Gasteiger partial charge in [0.2, 0.25) is 5.91 Å². The number of nitrogens with zero attached hydrogens (tertiary/aromatic N) is 3. The van der Waals surface area contributed by atoms with Crippen LogP contribution in [0.25, 0.3) is 5.57 Å². The number of aromatic nitrogens is 2. The largest absolute Gasteiger partial charge is 0.368 e. The first kappa shape index (κ1) is 19.0. The Morgan fingerprint density at radius 1 is 1.19 bits per heavy atom. The van der Waals surface area contributed by atoms with Crippen molar-refractivity contribution >= 4 is 17.3 Å². The first-order valence-corrected chi connectivity index (χ1v) is 9.14. The molecule has 1 N–H and O–H groups in total. The lowest BCUT2D eigenvalue weighted by molar-refractivity contribution is -0.128. The first-order valence-electron chi connectivity index (χ1n) is 9.14. The minimum atomic E-state index is -0.229. The average Bonchev–Trinajstić information content (AvgIpc) is 2.67. The summed E-state index contributed by atoms with van der Waals surface area (Å²) >= 11 is 0. The first-order chi connectivity index (χ1) is 12.8. The average molecular weight is 368 g/mol. The van der Waals surface area contributed by atoms with E-state index in [1.54, 1.807) is 6.92 Å². The van der Waals surface area contributed by atoms with Gasteiger partial charge in [0.15, 0.2) is 0 Å². The van der Waals surface area contributed by atoms with Gasteiger partial charge in [0.05, 0.1) is 5.69 Å². The number of rotatable bonds is 5. The highest BCUT2D eigenvalue weighted by Gasteiger charge is 2.21. The van der Waals surface area contributed by atoms with Crippen molar-refractivity contribution in [1.82, 2.24) is 15.1 Å². The van der Waals surface area contributed by atoms with Gasteiger partial charge in [-0.2, -0.15) is 0 Å². The molecule has 142 valence electrons. The normalized spacial score (nSPS) is 14.7. The lowest BCUT2D eigenvalue weighted by Gasteiger charge is -2.26. The van der Waals surface area contributed by atoms with Crippen molar-refractivity contribution in [3.63, 3.8) is 0 Å². The Morgan fingerprint density at radius 3 is 2.48 bits per heavy atom. The number of anilines is 1. The zero-order valence-corrected chi connectivity index (χ0v) is 16.0. The molecule has 0 atom stereocenters. The van der Waals surface area contributed by atoms with E-state index < -0.39 is 0 Å². The van der Waals surface area contributed by atoms with E-state index in [9.17, 15) is 9.18 Å². The Bertz CT molecular complexity index is 828. The molecule has 0 saturated carbocycles. The predicted octanol–water partition coefficient (Wildman–Crippen LogP) is 3.64. The lowest BCUT2D eigenvalue weighted by Crippen LogP contribution is -2.32. The van der Waals surface area contributed by atoms with Crippen LogP contribution in [-0.2, 0) is 10.2 Å². The maximum absolute atomic E-state index is 13.1. The van der Waals surface area contributed by atoms with Gasteiger partial charge in [-0.05, 0) is 41.8 Å². The summed E-state index contributed by atoms with van der Waals surface area (Å²) in [5, 5.41) is 11.9. The summed E-state index contributed by atoms with van der Waals surface area (Å²) in [5.74, 6) is 0.572. The summed E-state index contributed by atoms with van der Waals surface area (Å²) in [4.78, 5) is 13.2. The van der Waals surface area contributed by atoms with E-state index >= 15 is 0 Å². The summed E-state index contributed by atoms with van der Waals surface area (Å²) in [6, 6.07) is 10.5. The zero-order chi connectivity index (χ0) is 19.4. The quantitative estimate of drug-likeness (QED) is 0.875. The van der Waals surface area contributed by atoms with E-state index in [0.717, 1.165) is 23.3 Å². The monoisotopic (exact) mass is 368 g/mol. The minimum Gasteiger partial charge on any atom is -0.368 e. The summed E-state index contributed by atoms with van der Waals surface area (Å²) in [5.41, 5.74) is 2.86. The second-order valence-corrected chi connectivity index (χ2v) is 7.49. The van der Waals surface area contributed by atoms with Crippen molar-refractivity contribution in [2.24, 2.45) is 0 Å². The van der Waals surface area contributed by atoms with Crippen molar-refractivity contribution in [1.29, 1.82) is 0 Å². The van der Waals surface area contributed by atoms with Gasteiger partial charge in [0.1, 0.15) is 11.6 Å².